The Balaban J connectivity index is -0.000000256. The maximum absolute atomic E-state index is 9.97. The number of carbonyl (C=O) groups excluding carboxylic acids is 4. The summed E-state index contributed by atoms with van der Waals surface area (Å²) in [6.45, 7) is 0. The van der Waals surface area contributed by atoms with E-state index in [2.05, 4.69) is 11.5 Å². The van der Waals surface area contributed by atoms with Crippen molar-refractivity contribution in [3.8, 4) is 0 Å². The molecule has 0 saturated carbocycles. The molecule has 1 radical (unpaired) electrons. The Morgan fingerprint density at radius 3 is 1.05 bits per heavy atom. The van der Waals surface area contributed by atoms with Crippen LogP contribution in [-0.2, 0) is 36.2 Å². The van der Waals surface area contributed by atoms with Crippen molar-refractivity contribution in [2.45, 2.75) is 24.9 Å². The molecule has 8 N–H and O–H groups in total. The molecule has 0 aromatic rings. The van der Waals surface area contributed by atoms with Crippen LogP contribution in [0.25, 0.3) is 0 Å². The van der Waals surface area contributed by atoms with Crippen molar-refractivity contribution in [3.63, 3.8) is 0 Å². The summed E-state index contributed by atoms with van der Waals surface area (Å²) in [7, 11) is 0. The molecule has 113 valence electrons. The summed E-state index contributed by atoms with van der Waals surface area (Å²) in [5.74, 6) is -4.42. The molecule has 0 aliphatic rings. The van der Waals surface area contributed by atoms with Gasteiger partial charge in [-0.2, -0.15) is 0 Å². The van der Waals surface area contributed by atoms with Gasteiger partial charge in [0.05, 0.1) is 24.0 Å². The Kier molecular flexibility index (Phi) is 13.5. The molecular formula is C8H14CuN4O6. The Bertz CT molecular complexity index is 305. The second-order valence-corrected chi connectivity index (χ2v) is 3.19. The molecule has 0 spiro atoms. The number of hydrogen-bond donors (Lipinski definition) is 4. The Labute approximate surface area is 118 Å². The first-order valence-electron chi connectivity index (χ1n) is 4.57. The van der Waals surface area contributed by atoms with Gasteiger partial charge in [0.1, 0.15) is 0 Å². The average Bonchev–Trinajstić information content (AvgIpc) is 2.16. The molecule has 0 aliphatic heterocycles. The van der Waals surface area contributed by atoms with Gasteiger partial charge in [-0.15, -0.1) is 0 Å². The second-order valence-electron chi connectivity index (χ2n) is 3.19. The third-order valence-corrected chi connectivity index (χ3v) is 1.45. The van der Waals surface area contributed by atoms with Gasteiger partial charge >= 0.3 is 17.1 Å². The number of aliphatic carboxylic acids is 2. The molecule has 19 heavy (non-hydrogen) atoms. The van der Waals surface area contributed by atoms with E-state index in [-0.39, 0.29) is 29.9 Å². The fourth-order valence-electron chi connectivity index (χ4n) is 0.600. The molecule has 11 heteroatoms. The molecule has 0 aromatic carbocycles. The number of carboxylic acid groups (broad SMARTS) is 2. The van der Waals surface area contributed by atoms with Crippen LogP contribution in [0.1, 0.15) is 12.8 Å². The molecule has 0 unspecified atom stereocenters. The minimum Gasteiger partial charge on any atom is -0.548 e. The van der Waals surface area contributed by atoms with Gasteiger partial charge in [0.15, 0.2) is 0 Å². The first kappa shape index (κ1) is 22.5. The SMILES string of the molecule is NC(=O)C[C@H](N)C(=O)[O-].NC(=O)C[C@H](N)C(=O)[O-].[Cu+2]. The van der Waals surface area contributed by atoms with E-state index in [9.17, 15) is 29.4 Å². The molecule has 0 heterocycles. The van der Waals surface area contributed by atoms with Crippen LogP contribution in [-0.4, -0.2) is 35.8 Å². The van der Waals surface area contributed by atoms with Gasteiger partial charge in [0.2, 0.25) is 11.8 Å². The second kappa shape index (κ2) is 11.4. The first-order chi connectivity index (χ1) is 8.07. The van der Waals surface area contributed by atoms with Gasteiger partial charge in [0, 0.05) is 12.8 Å². The van der Waals surface area contributed by atoms with Crippen LogP contribution in [0.3, 0.4) is 0 Å². The van der Waals surface area contributed by atoms with Crippen LogP contribution in [0.5, 0.6) is 0 Å². The zero-order valence-electron chi connectivity index (χ0n) is 9.63. The Morgan fingerprint density at radius 2 is 1.00 bits per heavy atom. The van der Waals surface area contributed by atoms with Crippen molar-refractivity contribution in [3.05, 3.63) is 0 Å². The summed E-state index contributed by atoms with van der Waals surface area (Å²) in [6.07, 6.45) is -0.745. The Morgan fingerprint density at radius 1 is 0.789 bits per heavy atom. The van der Waals surface area contributed by atoms with E-state index in [0.717, 1.165) is 0 Å². The maximum Gasteiger partial charge on any atom is 2.00 e. The molecule has 2 amide bonds. The van der Waals surface area contributed by atoms with Crippen molar-refractivity contribution in [1.82, 2.24) is 0 Å². The summed E-state index contributed by atoms with van der Waals surface area (Å²) in [4.78, 5) is 39.5. The normalized spacial score (nSPS) is 11.9. The third kappa shape index (κ3) is 16.3. The van der Waals surface area contributed by atoms with Gasteiger partial charge in [0.25, 0.3) is 0 Å². The van der Waals surface area contributed by atoms with Crippen LogP contribution in [0.15, 0.2) is 0 Å². The van der Waals surface area contributed by atoms with Crippen LogP contribution in [0, 0.1) is 0 Å². The van der Waals surface area contributed by atoms with Crippen LogP contribution in [0.2, 0.25) is 0 Å². The fourth-order valence-corrected chi connectivity index (χ4v) is 0.600. The summed E-state index contributed by atoms with van der Waals surface area (Å²) >= 11 is 0. The summed E-state index contributed by atoms with van der Waals surface area (Å²) in [6, 6.07) is -2.55. The van der Waals surface area contributed by atoms with E-state index in [4.69, 9.17) is 11.5 Å². The minimum atomic E-state index is -1.46. The van der Waals surface area contributed by atoms with E-state index >= 15 is 0 Å². The van der Waals surface area contributed by atoms with Crippen molar-refractivity contribution in [1.29, 1.82) is 0 Å². The molecule has 0 aromatic heterocycles. The quantitative estimate of drug-likeness (QED) is 0.343. The zero-order chi connectivity index (χ0) is 14.9. The maximum atomic E-state index is 9.97. The monoisotopic (exact) mass is 325 g/mol. The predicted octanol–water partition coefficient (Wildman–Crippen LogP) is -6.12. The molecule has 0 rings (SSSR count). The standard InChI is InChI=1S/2C4H8N2O3.Cu/c2*5-2(4(8)9)1-3(6)7;/h2*2H,1,5H2,(H2,6,7)(H,8,9);/q;;+2/p-2/t2*2-;/m00./s1. The van der Waals surface area contributed by atoms with Crippen molar-refractivity contribution >= 4 is 23.8 Å². The average molecular weight is 326 g/mol. The minimum absolute atomic E-state index is 0. The number of primary amides is 2. The number of hydrogen-bond acceptors (Lipinski definition) is 8. The van der Waals surface area contributed by atoms with Crippen LogP contribution >= 0.6 is 0 Å². The van der Waals surface area contributed by atoms with E-state index in [1.54, 1.807) is 0 Å². The fraction of sp³-hybridized carbons (Fsp3) is 0.500. The van der Waals surface area contributed by atoms with Gasteiger partial charge < -0.3 is 42.7 Å². The van der Waals surface area contributed by atoms with Crippen molar-refractivity contribution in [2.24, 2.45) is 22.9 Å². The molecule has 2 atom stereocenters. The number of carboxylic acids is 2. The summed E-state index contributed by atoms with van der Waals surface area (Å²) in [5.41, 5.74) is 19.0. The largest absolute Gasteiger partial charge is 2.00 e. The zero-order valence-corrected chi connectivity index (χ0v) is 10.6. The number of amides is 2. The topological polar surface area (TPSA) is 218 Å². The predicted molar refractivity (Wildman–Crippen MR) is 53.6 cm³/mol. The third-order valence-electron chi connectivity index (χ3n) is 1.45. The molecule has 0 aliphatic carbocycles. The Hall–Kier alpha value is -1.68. The van der Waals surface area contributed by atoms with E-state index in [1.165, 1.54) is 0 Å². The molecule has 10 nitrogen and oxygen atoms in total. The summed E-state index contributed by atoms with van der Waals surface area (Å²) in [5, 5.41) is 19.6. The van der Waals surface area contributed by atoms with E-state index in [1.807, 2.05) is 0 Å². The number of carbonyl (C=O) groups is 4. The number of nitrogens with two attached hydrogens (primary N) is 4. The van der Waals surface area contributed by atoms with Gasteiger partial charge in [-0.25, -0.2) is 0 Å². The van der Waals surface area contributed by atoms with Crippen molar-refractivity contribution < 1.29 is 46.5 Å². The summed E-state index contributed by atoms with van der Waals surface area (Å²) < 4.78 is 0. The van der Waals surface area contributed by atoms with Gasteiger partial charge in [-0.05, 0) is 0 Å². The van der Waals surface area contributed by atoms with E-state index < -0.39 is 35.8 Å². The van der Waals surface area contributed by atoms with Gasteiger partial charge in [-0.1, -0.05) is 0 Å². The molecule has 0 bridgehead atoms. The van der Waals surface area contributed by atoms with E-state index in [0.29, 0.717) is 0 Å². The molecule has 0 fully saturated rings. The molecular weight excluding hydrogens is 312 g/mol. The molecule has 0 saturated heterocycles. The van der Waals surface area contributed by atoms with Crippen LogP contribution < -0.4 is 33.1 Å². The smallest absolute Gasteiger partial charge is 0.548 e. The van der Waals surface area contributed by atoms with Gasteiger partial charge in [-0.3, -0.25) is 9.59 Å². The number of rotatable bonds is 6. The van der Waals surface area contributed by atoms with Crippen LogP contribution in [0.4, 0.5) is 0 Å². The van der Waals surface area contributed by atoms with Crippen molar-refractivity contribution in [2.75, 3.05) is 0 Å². The first-order valence-corrected chi connectivity index (χ1v) is 4.57.